The van der Waals surface area contributed by atoms with Crippen molar-refractivity contribution >= 4 is 50.4 Å². The fraction of sp³-hybridized carbons (Fsp3) is 0.185. The van der Waals surface area contributed by atoms with Gasteiger partial charge >= 0.3 is 0 Å². The third kappa shape index (κ3) is 5.38. The minimum absolute atomic E-state index is 0.00408. The Hall–Kier alpha value is -4.16. The zero-order valence-corrected chi connectivity index (χ0v) is 22.8. The molecule has 0 atom stereocenters. The topological polar surface area (TPSA) is 112 Å². The van der Waals surface area contributed by atoms with E-state index in [1.165, 1.54) is 28.2 Å². The number of aromatic nitrogens is 3. The molecule has 0 aliphatic heterocycles. The van der Waals surface area contributed by atoms with Crippen molar-refractivity contribution in [2.45, 2.75) is 33.9 Å². The number of fused-ring (bicyclic) bond motifs is 1. The lowest BCUT2D eigenvalue weighted by Gasteiger charge is -2.10. The maximum atomic E-state index is 13.7. The van der Waals surface area contributed by atoms with Crippen LogP contribution in [0.1, 0.15) is 48.3 Å². The van der Waals surface area contributed by atoms with Crippen molar-refractivity contribution in [1.82, 2.24) is 14.8 Å². The van der Waals surface area contributed by atoms with Gasteiger partial charge in [-0.2, -0.15) is 5.10 Å². The van der Waals surface area contributed by atoms with Crippen molar-refractivity contribution in [3.05, 3.63) is 80.9 Å². The number of alkyl halides is 2. The Labute approximate surface area is 230 Å². The highest BCUT2D eigenvalue weighted by molar-refractivity contribution is 7.21. The minimum Gasteiger partial charge on any atom is -0.471 e. The van der Waals surface area contributed by atoms with Crippen molar-refractivity contribution in [3.63, 3.8) is 0 Å². The van der Waals surface area contributed by atoms with Crippen LogP contribution in [0.25, 0.3) is 20.7 Å². The molecule has 3 N–H and O–H groups in total. The smallest absolute Gasteiger partial charge is 0.280 e. The molecule has 1 aromatic carbocycles. The summed E-state index contributed by atoms with van der Waals surface area (Å²) in [5.74, 6) is -0.716. The van der Waals surface area contributed by atoms with Crippen molar-refractivity contribution in [1.29, 1.82) is 0 Å². The van der Waals surface area contributed by atoms with Crippen LogP contribution >= 0.6 is 22.7 Å². The molecule has 0 bridgehead atoms. The first-order chi connectivity index (χ1) is 18.6. The lowest BCUT2D eigenvalue weighted by atomic mass is 10.1. The molecule has 5 rings (SSSR count). The van der Waals surface area contributed by atoms with Gasteiger partial charge in [-0.05, 0) is 56.7 Å². The number of aryl methyl sites for hydroxylation is 3. The van der Waals surface area contributed by atoms with Crippen molar-refractivity contribution in [3.8, 4) is 16.2 Å². The number of hydrogen-bond donors (Lipinski definition) is 2. The van der Waals surface area contributed by atoms with E-state index in [1.807, 2.05) is 45.0 Å². The predicted octanol–water partition coefficient (Wildman–Crippen LogP) is 6.47. The molecule has 4 aromatic heterocycles. The molecule has 0 saturated carbocycles. The number of ether oxygens (including phenoxy) is 1. The molecule has 12 heteroatoms. The first kappa shape index (κ1) is 26.4. The maximum absolute atomic E-state index is 13.7. The van der Waals surface area contributed by atoms with Gasteiger partial charge in [0.05, 0.1) is 5.69 Å². The Morgan fingerprint density at radius 1 is 1.10 bits per heavy atom. The highest BCUT2D eigenvalue weighted by atomic mass is 32.1. The Bertz CT molecular complexity index is 1720. The van der Waals surface area contributed by atoms with Crippen LogP contribution in [0, 0.1) is 20.8 Å². The third-order valence-corrected chi connectivity index (χ3v) is 8.06. The number of thiophene rings is 2. The summed E-state index contributed by atoms with van der Waals surface area (Å²) in [6, 6.07) is 12.3. The molecule has 0 spiro atoms. The molecule has 4 heterocycles. The number of amides is 2. The number of hydrogen-bond acceptors (Lipinski definition) is 7. The number of nitrogens with zero attached hydrogens (tertiary/aromatic N) is 3. The second kappa shape index (κ2) is 10.5. The van der Waals surface area contributed by atoms with E-state index in [0.29, 0.717) is 21.6 Å². The fourth-order valence-electron chi connectivity index (χ4n) is 4.12. The first-order valence-electron chi connectivity index (χ1n) is 11.8. The Balaban J connectivity index is 1.48. The number of carbonyl (C=O) groups excluding carboxylic acids is 2. The van der Waals surface area contributed by atoms with Gasteiger partial charge in [-0.25, -0.2) is 18.4 Å². The van der Waals surface area contributed by atoms with Crippen LogP contribution in [0.3, 0.4) is 0 Å². The number of anilines is 1. The lowest BCUT2D eigenvalue weighted by molar-refractivity contribution is 0.100. The summed E-state index contributed by atoms with van der Waals surface area (Å²) in [4.78, 5) is 31.4. The number of pyridine rings is 1. The summed E-state index contributed by atoms with van der Waals surface area (Å²) in [5, 5.41) is 7.38. The van der Waals surface area contributed by atoms with E-state index in [1.54, 1.807) is 12.3 Å². The molecule has 200 valence electrons. The molecular formula is C27H23F2N5O3S2. The van der Waals surface area contributed by atoms with E-state index in [2.05, 4.69) is 15.4 Å². The average molecular weight is 568 g/mol. The molecule has 8 nitrogen and oxygen atoms in total. The third-order valence-electron chi connectivity index (χ3n) is 5.93. The standard InChI is InChI=1S/C27H23F2N5O3S2/c1-13-4-6-19(14(2)10-13)37-12-34-9-8-17(33-34)26(36)32-22-21-16(20-7-5-15(3)38-20)11-18(24(28)29)31-27(21)39-23(22)25(30)35/h4-11,24H,12H2,1-3H3,(H2,30,35)(H,32,36). The van der Waals surface area contributed by atoms with Crippen LogP contribution in [-0.4, -0.2) is 26.6 Å². The molecule has 2 amide bonds. The van der Waals surface area contributed by atoms with Crippen LogP contribution < -0.4 is 15.8 Å². The molecular weight excluding hydrogens is 544 g/mol. The normalized spacial score (nSPS) is 11.3. The van der Waals surface area contributed by atoms with Gasteiger partial charge in [-0.15, -0.1) is 22.7 Å². The van der Waals surface area contributed by atoms with Gasteiger partial charge in [-0.1, -0.05) is 17.7 Å². The minimum atomic E-state index is -2.82. The molecule has 0 unspecified atom stereocenters. The lowest BCUT2D eigenvalue weighted by Crippen LogP contribution is -2.18. The van der Waals surface area contributed by atoms with E-state index in [9.17, 15) is 18.4 Å². The summed E-state index contributed by atoms with van der Waals surface area (Å²) in [7, 11) is 0. The van der Waals surface area contributed by atoms with Crippen molar-refractivity contribution in [2.75, 3.05) is 5.32 Å². The molecule has 5 aromatic rings. The SMILES string of the molecule is Cc1ccc(OCn2ccc(C(=O)Nc3c(C(N)=O)sc4nc(C(F)F)cc(-c5ccc(C)s5)c34)n2)c(C)c1. The van der Waals surface area contributed by atoms with Gasteiger partial charge < -0.3 is 15.8 Å². The van der Waals surface area contributed by atoms with Crippen LogP contribution in [0.2, 0.25) is 0 Å². The zero-order valence-electron chi connectivity index (χ0n) is 21.1. The quantitative estimate of drug-likeness (QED) is 0.223. The highest BCUT2D eigenvalue weighted by Crippen LogP contribution is 2.44. The van der Waals surface area contributed by atoms with E-state index in [-0.39, 0.29) is 27.8 Å². The van der Waals surface area contributed by atoms with Crippen LogP contribution in [-0.2, 0) is 6.73 Å². The van der Waals surface area contributed by atoms with Gasteiger partial charge in [0.15, 0.2) is 12.4 Å². The average Bonchev–Trinajstić information content (AvgIpc) is 3.62. The number of carbonyl (C=O) groups is 2. The fourth-order valence-corrected chi connectivity index (χ4v) is 6.03. The van der Waals surface area contributed by atoms with E-state index in [4.69, 9.17) is 10.5 Å². The number of benzene rings is 1. The number of nitrogens with one attached hydrogen (secondary N) is 1. The summed E-state index contributed by atoms with van der Waals surface area (Å²) < 4.78 is 34.6. The highest BCUT2D eigenvalue weighted by Gasteiger charge is 2.26. The number of rotatable bonds is 8. The summed E-state index contributed by atoms with van der Waals surface area (Å²) in [6.45, 7) is 5.91. The number of nitrogens with two attached hydrogens (primary N) is 1. The molecule has 0 saturated heterocycles. The maximum Gasteiger partial charge on any atom is 0.280 e. The Morgan fingerprint density at radius 3 is 2.56 bits per heavy atom. The summed E-state index contributed by atoms with van der Waals surface area (Å²) in [6.07, 6.45) is -1.23. The second-order valence-corrected chi connectivity index (χ2v) is 11.2. The van der Waals surface area contributed by atoms with Crippen molar-refractivity contribution < 1.29 is 23.1 Å². The Kier molecular flexibility index (Phi) is 7.15. The van der Waals surface area contributed by atoms with E-state index < -0.39 is 23.9 Å². The monoisotopic (exact) mass is 567 g/mol. The second-order valence-electron chi connectivity index (χ2n) is 8.89. The zero-order chi connectivity index (χ0) is 27.8. The van der Waals surface area contributed by atoms with Gasteiger partial charge in [0.2, 0.25) is 0 Å². The summed E-state index contributed by atoms with van der Waals surface area (Å²) in [5.41, 5.74) is 7.89. The van der Waals surface area contributed by atoms with Crippen LogP contribution in [0.5, 0.6) is 5.75 Å². The van der Waals surface area contributed by atoms with Crippen LogP contribution in [0.15, 0.2) is 48.7 Å². The van der Waals surface area contributed by atoms with E-state index >= 15 is 0 Å². The van der Waals surface area contributed by atoms with Crippen molar-refractivity contribution in [2.24, 2.45) is 5.73 Å². The van der Waals surface area contributed by atoms with Gasteiger partial charge in [0, 0.05) is 26.9 Å². The van der Waals surface area contributed by atoms with Gasteiger partial charge in [0.1, 0.15) is 21.2 Å². The molecule has 0 aliphatic rings. The number of primary amides is 1. The molecule has 0 radical (unpaired) electrons. The van der Waals surface area contributed by atoms with E-state index in [0.717, 1.165) is 27.3 Å². The largest absolute Gasteiger partial charge is 0.471 e. The molecule has 39 heavy (non-hydrogen) atoms. The number of halogens is 2. The van der Waals surface area contributed by atoms with Gasteiger partial charge in [0.25, 0.3) is 18.2 Å². The summed E-state index contributed by atoms with van der Waals surface area (Å²) >= 11 is 2.25. The Morgan fingerprint density at radius 2 is 1.90 bits per heavy atom. The predicted molar refractivity (Wildman–Crippen MR) is 148 cm³/mol. The van der Waals surface area contributed by atoms with Crippen LogP contribution in [0.4, 0.5) is 14.5 Å². The first-order valence-corrected chi connectivity index (χ1v) is 13.4. The molecule has 0 aliphatic carbocycles. The molecule has 0 fully saturated rings. The van der Waals surface area contributed by atoms with Gasteiger partial charge in [-0.3, -0.25) is 9.59 Å².